The van der Waals surface area contributed by atoms with Gasteiger partial charge in [-0.25, -0.2) is 0 Å². The average molecular weight is 256 g/mol. The first kappa shape index (κ1) is 12.0. The zero-order valence-corrected chi connectivity index (χ0v) is 10.6. The summed E-state index contributed by atoms with van der Waals surface area (Å²) in [4.78, 5) is 24.0. The molecule has 1 aromatic carbocycles. The third kappa shape index (κ3) is 2.14. The fourth-order valence-corrected chi connectivity index (χ4v) is 2.81. The maximum Gasteiger partial charge on any atom is 0.251 e. The Morgan fingerprint density at radius 1 is 1.26 bits per heavy atom. The van der Waals surface area contributed by atoms with Gasteiger partial charge in [0.05, 0.1) is 5.41 Å². The molecule has 1 aliphatic carbocycles. The van der Waals surface area contributed by atoms with Gasteiger partial charge in [0, 0.05) is 17.8 Å². The highest BCUT2D eigenvalue weighted by Gasteiger charge is 2.45. The van der Waals surface area contributed by atoms with Crippen LogP contribution in [-0.2, 0) is 9.59 Å². The molecule has 0 radical (unpaired) electrons. The van der Waals surface area contributed by atoms with Crippen LogP contribution in [0.2, 0.25) is 0 Å². The molecule has 0 bridgehead atoms. The number of hydrogen-bond donors (Lipinski definition) is 2. The van der Waals surface area contributed by atoms with Crippen molar-refractivity contribution in [2.45, 2.75) is 19.3 Å². The molecule has 2 N–H and O–H groups in total. The summed E-state index contributed by atoms with van der Waals surface area (Å²) < 4.78 is 0. The molecule has 1 heterocycles. The van der Waals surface area contributed by atoms with Gasteiger partial charge in [-0.1, -0.05) is 24.3 Å². The summed E-state index contributed by atoms with van der Waals surface area (Å²) >= 11 is 0. The number of anilines is 1. The molecule has 1 aromatic rings. The molecule has 2 aliphatic rings. The number of nitrogens with one attached hydrogen (secondary N) is 2. The zero-order valence-electron chi connectivity index (χ0n) is 10.6. The maximum atomic E-state index is 12.2. The summed E-state index contributed by atoms with van der Waals surface area (Å²) in [6, 6.07) is 9.37. The summed E-state index contributed by atoms with van der Waals surface area (Å²) in [5.74, 6) is -0.00552. The van der Waals surface area contributed by atoms with Gasteiger partial charge in [0.1, 0.15) is 0 Å². The molecule has 1 fully saturated rings. The zero-order chi connectivity index (χ0) is 13.3. The number of allylic oxidation sites excluding steroid dienone is 1. The standard InChI is InChI=1S/C15H16N2O2/c18-13(17-12-4-2-1-3-5-12)11-6-7-15(10-11)8-9-16-14(15)19/h1-6H,7-10H2,(H,16,19)(H,17,18). The van der Waals surface area contributed by atoms with Crippen LogP contribution in [0.5, 0.6) is 0 Å². The molecule has 0 saturated carbocycles. The molecule has 4 nitrogen and oxygen atoms in total. The lowest BCUT2D eigenvalue weighted by molar-refractivity contribution is -0.127. The van der Waals surface area contributed by atoms with Crippen molar-refractivity contribution >= 4 is 17.5 Å². The van der Waals surface area contributed by atoms with Crippen molar-refractivity contribution in [2.75, 3.05) is 11.9 Å². The van der Waals surface area contributed by atoms with E-state index in [2.05, 4.69) is 10.6 Å². The molecule has 2 amide bonds. The minimum Gasteiger partial charge on any atom is -0.356 e. The Labute approximate surface area is 111 Å². The summed E-state index contributed by atoms with van der Waals surface area (Å²) in [5.41, 5.74) is 1.15. The Morgan fingerprint density at radius 2 is 2.05 bits per heavy atom. The van der Waals surface area contributed by atoms with E-state index in [0.29, 0.717) is 12.8 Å². The predicted octanol–water partition coefficient (Wildman–Crippen LogP) is 1.85. The molecule has 1 spiro atoms. The van der Waals surface area contributed by atoms with E-state index in [9.17, 15) is 9.59 Å². The molecule has 1 atom stereocenters. The van der Waals surface area contributed by atoms with E-state index in [1.807, 2.05) is 36.4 Å². The van der Waals surface area contributed by atoms with Crippen LogP contribution in [0.3, 0.4) is 0 Å². The number of carbonyl (C=O) groups is 2. The van der Waals surface area contributed by atoms with Crippen LogP contribution in [0.1, 0.15) is 19.3 Å². The first-order chi connectivity index (χ1) is 9.20. The molecule has 4 heteroatoms. The van der Waals surface area contributed by atoms with Crippen LogP contribution >= 0.6 is 0 Å². The average Bonchev–Trinajstić information content (AvgIpc) is 3.00. The van der Waals surface area contributed by atoms with Gasteiger partial charge in [0.15, 0.2) is 0 Å². The first-order valence-electron chi connectivity index (χ1n) is 6.53. The SMILES string of the molecule is O=C(Nc1ccccc1)C1=CCC2(CCNC2=O)C1. The van der Waals surface area contributed by atoms with Crippen molar-refractivity contribution in [3.63, 3.8) is 0 Å². The van der Waals surface area contributed by atoms with Crippen LogP contribution in [0.4, 0.5) is 5.69 Å². The molecule has 0 aromatic heterocycles. The van der Waals surface area contributed by atoms with Gasteiger partial charge in [-0.2, -0.15) is 0 Å². The van der Waals surface area contributed by atoms with Crippen LogP contribution < -0.4 is 10.6 Å². The third-order valence-corrected chi connectivity index (χ3v) is 3.96. The van der Waals surface area contributed by atoms with Crippen LogP contribution in [-0.4, -0.2) is 18.4 Å². The molecule has 98 valence electrons. The van der Waals surface area contributed by atoms with Gasteiger partial charge in [-0.3, -0.25) is 9.59 Å². The second-order valence-electron chi connectivity index (χ2n) is 5.22. The normalized spacial score (nSPS) is 25.3. The molecule has 1 aliphatic heterocycles. The van der Waals surface area contributed by atoms with Crippen molar-refractivity contribution in [1.82, 2.24) is 5.32 Å². The molecule has 19 heavy (non-hydrogen) atoms. The Balaban J connectivity index is 1.68. The number of benzene rings is 1. The van der Waals surface area contributed by atoms with E-state index < -0.39 is 0 Å². The number of para-hydroxylation sites is 1. The Morgan fingerprint density at radius 3 is 2.74 bits per heavy atom. The maximum absolute atomic E-state index is 12.2. The highest BCUT2D eigenvalue weighted by molar-refractivity contribution is 6.05. The smallest absolute Gasteiger partial charge is 0.251 e. The van der Waals surface area contributed by atoms with E-state index in [4.69, 9.17) is 0 Å². The van der Waals surface area contributed by atoms with Crippen molar-refractivity contribution in [2.24, 2.45) is 5.41 Å². The third-order valence-electron chi connectivity index (χ3n) is 3.96. The number of carbonyl (C=O) groups excluding carboxylic acids is 2. The van der Waals surface area contributed by atoms with E-state index >= 15 is 0 Å². The second kappa shape index (κ2) is 4.53. The van der Waals surface area contributed by atoms with Crippen LogP contribution in [0.15, 0.2) is 42.0 Å². The lowest BCUT2D eigenvalue weighted by Crippen LogP contribution is -2.29. The summed E-state index contributed by atoms with van der Waals surface area (Å²) in [6.07, 6.45) is 3.96. The van der Waals surface area contributed by atoms with E-state index in [-0.39, 0.29) is 17.2 Å². The number of rotatable bonds is 2. The molecular formula is C15H16N2O2. The van der Waals surface area contributed by atoms with Crippen LogP contribution in [0.25, 0.3) is 0 Å². The van der Waals surface area contributed by atoms with Crippen molar-refractivity contribution in [3.05, 3.63) is 42.0 Å². The second-order valence-corrected chi connectivity index (χ2v) is 5.22. The van der Waals surface area contributed by atoms with Gasteiger partial charge in [0.25, 0.3) is 5.91 Å². The number of amides is 2. The van der Waals surface area contributed by atoms with Gasteiger partial charge in [-0.05, 0) is 31.4 Å². The van der Waals surface area contributed by atoms with Crippen molar-refractivity contribution < 1.29 is 9.59 Å². The fourth-order valence-electron chi connectivity index (χ4n) is 2.81. The summed E-state index contributed by atoms with van der Waals surface area (Å²) in [5, 5.41) is 5.72. The van der Waals surface area contributed by atoms with Crippen LogP contribution in [0, 0.1) is 5.41 Å². The monoisotopic (exact) mass is 256 g/mol. The molecule has 1 saturated heterocycles. The molecule has 3 rings (SSSR count). The quantitative estimate of drug-likeness (QED) is 0.848. The van der Waals surface area contributed by atoms with Gasteiger partial charge in [0.2, 0.25) is 5.91 Å². The molecular weight excluding hydrogens is 240 g/mol. The largest absolute Gasteiger partial charge is 0.356 e. The van der Waals surface area contributed by atoms with Gasteiger partial charge in [-0.15, -0.1) is 0 Å². The first-order valence-corrected chi connectivity index (χ1v) is 6.53. The van der Waals surface area contributed by atoms with E-state index in [0.717, 1.165) is 24.2 Å². The summed E-state index contributed by atoms with van der Waals surface area (Å²) in [6.45, 7) is 0.722. The predicted molar refractivity (Wildman–Crippen MR) is 72.4 cm³/mol. The fraction of sp³-hybridized carbons (Fsp3) is 0.333. The lowest BCUT2D eigenvalue weighted by atomic mass is 9.83. The Kier molecular flexibility index (Phi) is 2.85. The highest BCUT2D eigenvalue weighted by atomic mass is 16.2. The van der Waals surface area contributed by atoms with Crippen molar-refractivity contribution in [3.8, 4) is 0 Å². The molecule has 1 unspecified atom stereocenters. The topological polar surface area (TPSA) is 58.2 Å². The Hall–Kier alpha value is -2.10. The highest BCUT2D eigenvalue weighted by Crippen LogP contribution is 2.43. The lowest BCUT2D eigenvalue weighted by Gasteiger charge is -2.19. The minimum atomic E-state index is -0.358. The Bertz CT molecular complexity index is 551. The van der Waals surface area contributed by atoms with Gasteiger partial charge < -0.3 is 10.6 Å². The van der Waals surface area contributed by atoms with E-state index in [1.165, 1.54) is 0 Å². The van der Waals surface area contributed by atoms with Gasteiger partial charge >= 0.3 is 0 Å². The van der Waals surface area contributed by atoms with E-state index in [1.54, 1.807) is 0 Å². The van der Waals surface area contributed by atoms with Crippen molar-refractivity contribution in [1.29, 1.82) is 0 Å². The minimum absolute atomic E-state index is 0.0891. The number of hydrogen-bond acceptors (Lipinski definition) is 2. The summed E-state index contributed by atoms with van der Waals surface area (Å²) in [7, 11) is 0.